The molecule has 1 aliphatic heterocycles. The Balaban J connectivity index is 2.03. The lowest BCUT2D eigenvalue weighted by atomic mass is 10.1. The van der Waals surface area contributed by atoms with E-state index in [1.165, 1.54) is 6.42 Å². The molecule has 5 heteroatoms. The molecule has 1 aromatic rings. The lowest BCUT2D eigenvalue weighted by Gasteiger charge is -2.29. The second-order valence-electron chi connectivity index (χ2n) is 4.20. The summed E-state index contributed by atoms with van der Waals surface area (Å²) < 4.78 is 2.62. The molecule has 2 rings (SSSR count). The average molecular weight is 286 g/mol. The summed E-state index contributed by atoms with van der Waals surface area (Å²) in [6.45, 7) is 3.69. The molecule has 1 aliphatic rings. The van der Waals surface area contributed by atoms with Crippen LogP contribution < -0.4 is 0 Å². The smallest absolute Gasteiger partial charge is 0.247 e. The third kappa shape index (κ3) is 2.45. The lowest BCUT2D eigenvalue weighted by molar-refractivity contribution is -0.135. The van der Waals surface area contributed by atoms with Gasteiger partial charge in [0, 0.05) is 19.3 Å². The van der Waals surface area contributed by atoms with E-state index in [0.29, 0.717) is 0 Å². The first-order chi connectivity index (χ1) is 7.68. The van der Waals surface area contributed by atoms with Crippen molar-refractivity contribution in [3.63, 3.8) is 0 Å². The maximum Gasteiger partial charge on any atom is 0.247 e. The molecule has 2 heterocycles. The minimum atomic E-state index is -0.204. The van der Waals surface area contributed by atoms with Crippen LogP contribution in [0.3, 0.4) is 0 Å². The van der Waals surface area contributed by atoms with Gasteiger partial charge in [-0.15, -0.1) is 0 Å². The molecular weight excluding hydrogens is 270 g/mol. The van der Waals surface area contributed by atoms with Gasteiger partial charge in [0.1, 0.15) is 6.04 Å². The van der Waals surface area contributed by atoms with Gasteiger partial charge in [0.05, 0.1) is 10.7 Å². The molecule has 4 nitrogen and oxygen atoms in total. The largest absolute Gasteiger partial charge is 0.341 e. The van der Waals surface area contributed by atoms with Crippen molar-refractivity contribution in [2.75, 3.05) is 13.1 Å². The SMILES string of the molecule is CC(C(=O)N1CCCCC1)n1cc(Br)cn1. The van der Waals surface area contributed by atoms with Crippen molar-refractivity contribution in [3.05, 3.63) is 16.9 Å². The summed E-state index contributed by atoms with van der Waals surface area (Å²) in [6.07, 6.45) is 7.04. The molecule has 0 spiro atoms. The summed E-state index contributed by atoms with van der Waals surface area (Å²) in [5.41, 5.74) is 0. The van der Waals surface area contributed by atoms with Crippen molar-refractivity contribution < 1.29 is 4.79 Å². The minimum absolute atomic E-state index is 0.176. The van der Waals surface area contributed by atoms with Crippen LogP contribution in [-0.4, -0.2) is 33.7 Å². The predicted molar refractivity (Wildman–Crippen MR) is 65.1 cm³/mol. The Morgan fingerprint density at radius 2 is 2.12 bits per heavy atom. The van der Waals surface area contributed by atoms with Gasteiger partial charge in [-0.3, -0.25) is 9.48 Å². The van der Waals surface area contributed by atoms with E-state index in [0.717, 1.165) is 30.4 Å². The number of rotatable bonds is 2. The van der Waals surface area contributed by atoms with E-state index >= 15 is 0 Å². The van der Waals surface area contributed by atoms with Crippen molar-refractivity contribution in [3.8, 4) is 0 Å². The molecule has 1 aromatic heterocycles. The number of hydrogen-bond acceptors (Lipinski definition) is 2. The Labute approximate surface area is 104 Å². The molecule has 1 amide bonds. The van der Waals surface area contributed by atoms with Crippen LogP contribution in [0.25, 0.3) is 0 Å². The van der Waals surface area contributed by atoms with Crippen LogP contribution in [0.1, 0.15) is 32.2 Å². The molecule has 0 aliphatic carbocycles. The van der Waals surface area contributed by atoms with Crippen LogP contribution in [0.5, 0.6) is 0 Å². The predicted octanol–water partition coefficient (Wildman–Crippen LogP) is 2.22. The number of amides is 1. The Morgan fingerprint density at radius 1 is 1.44 bits per heavy atom. The maximum atomic E-state index is 12.2. The Hall–Kier alpha value is -0.840. The van der Waals surface area contributed by atoms with Crippen LogP contribution in [0, 0.1) is 0 Å². The first kappa shape index (κ1) is 11.6. The number of likely N-dealkylation sites (tertiary alicyclic amines) is 1. The summed E-state index contributed by atoms with van der Waals surface area (Å²) >= 11 is 3.34. The lowest BCUT2D eigenvalue weighted by Crippen LogP contribution is -2.39. The van der Waals surface area contributed by atoms with Gasteiger partial charge >= 0.3 is 0 Å². The fourth-order valence-electron chi connectivity index (χ4n) is 2.02. The van der Waals surface area contributed by atoms with Gasteiger partial charge in [-0.05, 0) is 42.1 Å². The summed E-state index contributed by atoms with van der Waals surface area (Å²) in [7, 11) is 0. The van der Waals surface area contributed by atoms with E-state index in [2.05, 4.69) is 21.0 Å². The molecule has 0 aromatic carbocycles. The summed E-state index contributed by atoms with van der Waals surface area (Å²) in [6, 6.07) is -0.204. The van der Waals surface area contributed by atoms with Crippen molar-refractivity contribution in [1.29, 1.82) is 0 Å². The monoisotopic (exact) mass is 285 g/mol. The van der Waals surface area contributed by atoms with E-state index < -0.39 is 0 Å². The third-order valence-corrected chi connectivity index (χ3v) is 3.40. The number of piperidine rings is 1. The number of carbonyl (C=O) groups is 1. The van der Waals surface area contributed by atoms with Crippen LogP contribution >= 0.6 is 15.9 Å². The van der Waals surface area contributed by atoms with Gasteiger partial charge in [0.15, 0.2) is 0 Å². The second-order valence-corrected chi connectivity index (χ2v) is 5.12. The van der Waals surface area contributed by atoms with Gasteiger partial charge < -0.3 is 4.90 Å². The molecular formula is C11H16BrN3O. The van der Waals surface area contributed by atoms with Crippen molar-refractivity contribution in [1.82, 2.24) is 14.7 Å². The van der Waals surface area contributed by atoms with Crippen molar-refractivity contribution in [2.24, 2.45) is 0 Å². The van der Waals surface area contributed by atoms with E-state index in [-0.39, 0.29) is 11.9 Å². The molecule has 1 unspecified atom stereocenters. The number of aromatic nitrogens is 2. The van der Waals surface area contributed by atoms with Crippen LogP contribution in [0.15, 0.2) is 16.9 Å². The van der Waals surface area contributed by atoms with E-state index in [1.807, 2.05) is 18.0 Å². The molecule has 16 heavy (non-hydrogen) atoms. The molecule has 0 N–H and O–H groups in total. The van der Waals surface area contributed by atoms with Gasteiger partial charge in [-0.1, -0.05) is 0 Å². The average Bonchev–Trinajstić information content (AvgIpc) is 2.75. The van der Waals surface area contributed by atoms with Crippen molar-refractivity contribution >= 4 is 21.8 Å². The Kier molecular flexibility index (Phi) is 3.63. The normalized spacial score (nSPS) is 18.5. The first-order valence-electron chi connectivity index (χ1n) is 5.67. The molecule has 0 bridgehead atoms. The van der Waals surface area contributed by atoms with Crippen LogP contribution in [0.4, 0.5) is 0 Å². The van der Waals surface area contributed by atoms with Gasteiger partial charge in [0.25, 0.3) is 0 Å². The second kappa shape index (κ2) is 4.99. The number of carbonyl (C=O) groups excluding carboxylic acids is 1. The van der Waals surface area contributed by atoms with E-state index in [1.54, 1.807) is 10.9 Å². The first-order valence-corrected chi connectivity index (χ1v) is 6.46. The standard InChI is InChI=1S/C11H16BrN3O/c1-9(15-8-10(12)7-13-15)11(16)14-5-3-2-4-6-14/h7-9H,2-6H2,1H3. The maximum absolute atomic E-state index is 12.2. The quantitative estimate of drug-likeness (QED) is 0.836. The summed E-state index contributed by atoms with van der Waals surface area (Å²) in [4.78, 5) is 14.1. The molecule has 0 radical (unpaired) electrons. The van der Waals surface area contributed by atoms with Gasteiger partial charge in [-0.25, -0.2) is 0 Å². The highest BCUT2D eigenvalue weighted by Crippen LogP contribution is 2.17. The highest BCUT2D eigenvalue weighted by Gasteiger charge is 2.23. The number of halogens is 1. The minimum Gasteiger partial charge on any atom is -0.341 e. The zero-order chi connectivity index (χ0) is 11.5. The Bertz CT molecular complexity index is 371. The fourth-order valence-corrected chi connectivity index (χ4v) is 2.32. The van der Waals surface area contributed by atoms with Crippen molar-refractivity contribution in [2.45, 2.75) is 32.2 Å². The Morgan fingerprint density at radius 3 is 2.69 bits per heavy atom. The van der Waals surface area contributed by atoms with Crippen LogP contribution in [-0.2, 0) is 4.79 Å². The fraction of sp³-hybridized carbons (Fsp3) is 0.636. The van der Waals surface area contributed by atoms with Gasteiger partial charge in [0.2, 0.25) is 5.91 Å². The molecule has 1 fully saturated rings. The van der Waals surface area contributed by atoms with E-state index in [4.69, 9.17) is 0 Å². The zero-order valence-electron chi connectivity index (χ0n) is 9.40. The topological polar surface area (TPSA) is 38.1 Å². The molecule has 1 saturated heterocycles. The molecule has 0 saturated carbocycles. The number of nitrogens with zero attached hydrogens (tertiary/aromatic N) is 3. The third-order valence-electron chi connectivity index (χ3n) is 2.99. The highest BCUT2D eigenvalue weighted by molar-refractivity contribution is 9.10. The number of hydrogen-bond donors (Lipinski definition) is 0. The zero-order valence-corrected chi connectivity index (χ0v) is 11.0. The highest BCUT2D eigenvalue weighted by atomic mass is 79.9. The summed E-state index contributed by atoms with van der Waals surface area (Å²) in [5, 5.41) is 4.15. The molecule has 1 atom stereocenters. The summed E-state index contributed by atoms with van der Waals surface area (Å²) in [5.74, 6) is 0.176. The van der Waals surface area contributed by atoms with Crippen LogP contribution in [0.2, 0.25) is 0 Å². The van der Waals surface area contributed by atoms with E-state index in [9.17, 15) is 4.79 Å². The van der Waals surface area contributed by atoms with Gasteiger partial charge in [-0.2, -0.15) is 5.10 Å². The molecule has 88 valence electrons.